The van der Waals surface area contributed by atoms with Gasteiger partial charge in [-0.05, 0) is 43.2 Å². The van der Waals surface area contributed by atoms with Crippen molar-refractivity contribution < 1.29 is 9.59 Å². The lowest BCUT2D eigenvalue weighted by molar-refractivity contribution is -0.121. The lowest BCUT2D eigenvalue weighted by atomic mass is 10.2. The molecule has 0 aliphatic heterocycles. The summed E-state index contributed by atoms with van der Waals surface area (Å²) in [6, 6.07) is 7.10. The molecule has 0 saturated carbocycles. The van der Waals surface area contributed by atoms with Gasteiger partial charge in [-0.25, -0.2) is 9.67 Å². The maximum Gasteiger partial charge on any atom is 0.244 e. The topological polar surface area (TPSA) is 107 Å². The van der Waals surface area contributed by atoms with Crippen molar-refractivity contribution in [2.24, 2.45) is 5.92 Å². The van der Waals surface area contributed by atoms with Crippen LogP contribution in [0.1, 0.15) is 25.1 Å². The van der Waals surface area contributed by atoms with Crippen LogP contribution in [0.2, 0.25) is 5.15 Å². The van der Waals surface area contributed by atoms with Gasteiger partial charge in [0.1, 0.15) is 17.8 Å². The summed E-state index contributed by atoms with van der Waals surface area (Å²) >= 11 is 6.36. The molecule has 1 aromatic carbocycles. The number of halogens is 1. The van der Waals surface area contributed by atoms with E-state index in [1.807, 2.05) is 6.92 Å². The Labute approximate surface area is 185 Å². The first kappa shape index (κ1) is 22.2. The van der Waals surface area contributed by atoms with Crippen LogP contribution in [0.15, 0.2) is 43.0 Å². The Kier molecular flexibility index (Phi) is 7.19. The highest BCUT2D eigenvalue weighted by Gasteiger charge is 2.12. The quantitative estimate of drug-likeness (QED) is 0.523. The zero-order valence-corrected chi connectivity index (χ0v) is 18.3. The van der Waals surface area contributed by atoms with E-state index in [4.69, 9.17) is 11.6 Å². The summed E-state index contributed by atoms with van der Waals surface area (Å²) in [6.45, 7) is 6.52. The number of nitrogens with one attached hydrogen (secondary N) is 2. The predicted molar refractivity (Wildman–Crippen MR) is 119 cm³/mol. The van der Waals surface area contributed by atoms with Crippen LogP contribution in [0.25, 0.3) is 11.8 Å². The predicted octanol–water partition coefficient (Wildman–Crippen LogP) is 2.85. The third-order valence-electron chi connectivity index (χ3n) is 4.31. The van der Waals surface area contributed by atoms with E-state index >= 15 is 0 Å². The lowest BCUT2D eigenvalue weighted by Gasteiger charge is -2.07. The molecule has 0 fully saturated rings. The van der Waals surface area contributed by atoms with E-state index in [9.17, 15) is 9.59 Å². The minimum absolute atomic E-state index is 0.159. The second kappa shape index (κ2) is 10.0. The Morgan fingerprint density at radius 2 is 1.97 bits per heavy atom. The second-order valence-electron chi connectivity index (χ2n) is 7.35. The van der Waals surface area contributed by atoms with Gasteiger partial charge in [0.2, 0.25) is 11.8 Å². The average Bonchev–Trinajstić information content (AvgIpc) is 3.34. The molecule has 9 nitrogen and oxygen atoms in total. The number of rotatable bonds is 8. The number of anilines is 1. The van der Waals surface area contributed by atoms with E-state index < -0.39 is 5.91 Å². The third kappa shape index (κ3) is 6.02. The Bertz CT molecular complexity index is 1070. The summed E-state index contributed by atoms with van der Waals surface area (Å²) in [4.78, 5) is 28.1. The molecule has 3 aromatic rings. The van der Waals surface area contributed by atoms with Gasteiger partial charge in [0.05, 0.1) is 17.9 Å². The first-order valence-corrected chi connectivity index (χ1v) is 10.1. The van der Waals surface area contributed by atoms with Gasteiger partial charge >= 0.3 is 0 Å². The molecule has 0 radical (unpaired) electrons. The molecule has 162 valence electrons. The fourth-order valence-electron chi connectivity index (χ4n) is 2.85. The Morgan fingerprint density at radius 1 is 1.23 bits per heavy atom. The Hall–Kier alpha value is -3.46. The van der Waals surface area contributed by atoms with Crippen molar-refractivity contribution in [2.75, 3.05) is 11.9 Å². The van der Waals surface area contributed by atoms with Crippen LogP contribution in [0.3, 0.4) is 0 Å². The van der Waals surface area contributed by atoms with Crippen molar-refractivity contribution in [2.45, 2.75) is 27.3 Å². The fraction of sp³-hybridized carbons (Fsp3) is 0.286. The minimum atomic E-state index is -0.399. The molecule has 31 heavy (non-hydrogen) atoms. The van der Waals surface area contributed by atoms with Gasteiger partial charge in [0.15, 0.2) is 0 Å². The highest BCUT2D eigenvalue weighted by atomic mass is 35.5. The third-order valence-corrected chi connectivity index (χ3v) is 4.71. The van der Waals surface area contributed by atoms with Crippen LogP contribution in [-0.2, 0) is 16.1 Å². The standard InChI is InChI=1S/C21H24ClN7O2/c1-14(2)11-28-21(22)18(15(3)27-28)8-9-19(30)24-10-20(31)26-16-4-6-17(7-5-16)29-13-23-12-25-29/h4-9,12-14H,10-11H2,1-3H3,(H,24,30)(H,26,31)/b9-8+. The number of hydrogen-bond donors (Lipinski definition) is 2. The van der Waals surface area contributed by atoms with E-state index in [-0.39, 0.29) is 12.5 Å². The van der Waals surface area contributed by atoms with Gasteiger partial charge in [0, 0.05) is 23.9 Å². The maximum absolute atomic E-state index is 12.1. The number of carbonyl (C=O) groups is 2. The smallest absolute Gasteiger partial charge is 0.244 e. The van der Waals surface area contributed by atoms with Crippen LogP contribution in [0.5, 0.6) is 0 Å². The highest BCUT2D eigenvalue weighted by molar-refractivity contribution is 6.31. The molecule has 0 atom stereocenters. The maximum atomic E-state index is 12.1. The molecule has 2 amide bonds. The van der Waals surface area contributed by atoms with Gasteiger partial charge < -0.3 is 10.6 Å². The molecule has 0 unspecified atom stereocenters. The van der Waals surface area contributed by atoms with Crippen LogP contribution >= 0.6 is 11.6 Å². The van der Waals surface area contributed by atoms with E-state index in [1.165, 1.54) is 12.4 Å². The molecule has 0 aliphatic rings. The number of nitrogens with zero attached hydrogens (tertiary/aromatic N) is 5. The first-order chi connectivity index (χ1) is 14.8. The van der Waals surface area contributed by atoms with Crippen LogP contribution < -0.4 is 10.6 Å². The number of amides is 2. The largest absolute Gasteiger partial charge is 0.343 e. The normalized spacial score (nSPS) is 11.3. The van der Waals surface area contributed by atoms with Crippen LogP contribution in [0.4, 0.5) is 5.69 Å². The van der Waals surface area contributed by atoms with Gasteiger partial charge in [-0.15, -0.1) is 0 Å². The van der Waals surface area contributed by atoms with Crippen molar-refractivity contribution in [1.82, 2.24) is 29.9 Å². The number of carbonyl (C=O) groups excluding carboxylic acids is 2. The summed E-state index contributed by atoms with van der Waals surface area (Å²) in [5.74, 6) is -0.341. The molecule has 0 saturated heterocycles. The van der Waals surface area contributed by atoms with Gasteiger partial charge in [-0.3, -0.25) is 14.3 Å². The SMILES string of the molecule is Cc1nn(CC(C)C)c(Cl)c1/C=C/C(=O)NCC(=O)Nc1ccc(-n2cncn2)cc1. The molecular formula is C21H24ClN7O2. The average molecular weight is 442 g/mol. The molecule has 0 bridgehead atoms. The van der Waals surface area contributed by atoms with Gasteiger partial charge in [-0.2, -0.15) is 10.2 Å². The molecule has 10 heteroatoms. The van der Waals surface area contributed by atoms with Crippen LogP contribution in [0, 0.1) is 12.8 Å². The number of hydrogen-bond acceptors (Lipinski definition) is 5. The number of aromatic nitrogens is 5. The van der Waals surface area contributed by atoms with Crippen molar-refractivity contribution in [3.8, 4) is 5.69 Å². The van der Waals surface area contributed by atoms with Gasteiger partial charge in [-0.1, -0.05) is 25.4 Å². The molecule has 0 spiro atoms. The zero-order chi connectivity index (χ0) is 22.4. The molecule has 2 heterocycles. The van der Waals surface area contributed by atoms with E-state index in [2.05, 4.69) is 39.7 Å². The van der Waals surface area contributed by atoms with E-state index in [0.29, 0.717) is 28.9 Å². The zero-order valence-electron chi connectivity index (χ0n) is 17.5. The molecule has 2 aromatic heterocycles. The Morgan fingerprint density at radius 3 is 2.61 bits per heavy atom. The summed E-state index contributed by atoms with van der Waals surface area (Å²) in [6.07, 6.45) is 5.98. The minimum Gasteiger partial charge on any atom is -0.343 e. The lowest BCUT2D eigenvalue weighted by Crippen LogP contribution is -2.31. The molecule has 0 aliphatic carbocycles. The summed E-state index contributed by atoms with van der Waals surface area (Å²) in [7, 11) is 0. The monoisotopic (exact) mass is 441 g/mol. The summed E-state index contributed by atoms with van der Waals surface area (Å²) < 4.78 is 3.33. The van der Waals surface area contributed by atoms with Crippen LogP contribution in [-0.4, -0.2) is 42.9 Å². The van der Waals surface area contributed by atoms with Crippen molar-refractivity contribution in [3.05, 3.63) is 59.4 Å². The molecular weight excluding hydrogens is 418 g/mol. The van der Waals surface area contributed by atoms with Crippen molar-refractivity contribution in [3.63, 3.8) is 0 Å². The fourth-order valence-corrected chi connectivity index (χ4v) is 3.16. The van der Waals surface area contributed by atoms with Gasteiger partial charge in [0.25, 0.3) is 0 Å². The summed E-state index contributed by atoms with van der Waals surface area (Å²) in [5, 5.41) is 14.2. The number of aryl methyl sites for hydroxylation is 1. The first-order valence-electron chi connectivity index (χ1n) is 9.77. The highest BCUT2D eigenvalue weighted by Crippen LogP contribution is 2.22. The molecule has 2 N–H and O–H groups in total. The van der Waals surface area contributed by atoms with Crippen molar-refractivity contribution >= 4 is 35.2 Å². The van der Waals surface area contributed by atoms with E-state index in [0.717, 1.165) is 11.4 Å². The number of benzene rings is 1. The summed E-state index contributed by atoms with van der Waals surface area (Å²) in [5.41, 5.74) is 2.86. The van der Waals surface area contributed by atoms with Crippen molar-refractivity contribution in [1.29, 1.82) is 0 Å². The van der Waals surface area contributed by atoms with E-state index in [1.54, 1.807) is 46.0 Å². The second-order valence-corrected chi connectivity index (χ2v) is 7.71. The molecule has 3 rings (SSSR count). The Balaban J connectivity index is 1.50.